The number of hydrogen-bond donors (Lipinski definition) is 1. The fraction of sp³-hybridized carbons (Fsp3) is 0.588. The normalized spacial score (nSPS) is 17.3. The molecule has 7 heteroatoms. The van der Waals surface area contributed by atoms with Crippen LogP contribution in [0.2, 0.25) is 0 Å². The Balaban J connectivity index is 0.00000208. The van der Waals surface area contributed by atoms with E-state index in [1.165, 1.54) is 0 Å². The van der Waals surface area contributed by atoms with Crippen LogP contribution >= 0.6 is 12.4 Å². The number of nitrogens with two attached hydrogens (primary N) is 1. The number of carbonyl (C=O) groups is 1. The van der Waals surface area contributed by atoms with Crippen molar-refractivity contribution in [2.75, 3.05) is 39.5 Å². The van der Waals surface area contributed by atoms with Crippen LogP contribution in [0.25, 0.3) is 0 Å². The van der Waals surface area contributed by atoms with Gasteiger partial charge in [0.05, 0.1) is 6.10 Å². The van der Waals surface area contributed by atoms with Crippen LogP contribution in [0.1, 0.15) is 29.6 Å². The van der Waals surface area contributed by atoms with Crippen molar-refractivity contribution >= 4 is 18.3 Å². The molecule has 0 aliphatic carbocycles. The maximum Gasteiger partial charge on any atom is 0.253 e. The highest BCUT2D eigenvalue weighted by molar-refractivity contribution is 5.95. The van der Waals surface area contributed by atoms with Gasteiger partial charge in [-0.25, -0.2) is 0 Å². The van der Waals surface area contributed by atoms with E-state index < -0.39 is 0 Å². The molecule has 1 saturated heterocycles. The molecular formula is C17H25ClN2O4. The minimum Gasteiger partial charge on any atom is -0.486 e. The van der Waals surface area contributed by atoms with Crippen molar-refractivity contribution in [3.63, 3.8) is 0 Å². The van der Waals surface area contributed by atoms with Gasteiger partial charge in [-0.1, -0.05) is 0 Å². The van der Waals surface area contributed by atoms with Gasteiger partial charge in [0.2, 0.25) is 0 Å². The first-order valence-electron chi connectivity index (χ1n) is 8.28. The molecule has 2 N–H and O–H groups in total. The number of likely N-dealkylation sites (tertiary alicyclic amines) is 1. The highest BCUT2D eigenvalue weighted by Crippen LogP contribution is 2.31. The maximum absolute atomic E-state index is 12.6. The number of carbonyl (C=O) groups excluding carboxylic acids is 1. The smallest absolute Gasteiger partial charge is 0.253 e. The SMILES string of the molecule is Cl.NCCCOC1CCN(C(=O)c2ccc3c(c2)OCCO3)CC1. The van der Waals surface area contributed by atoms with E-state index in [-0.39, 0.29) is 24.4 Å². The number of amides is 1. The van der Waals surface area contributed by atoms with Gasteiger partial charge in [0, 0.05) is 25.3 Å². The van der Waals surface area contributed by atoms with Crippen LogP contribution in [0, 0.1) is 0 Å². The molecule has 2 aliphatic rings. The van der Waals surface area contributed by atoms with Crippen molar-refractivity contribution in [2.45, 2.75) is 25.4 Å². The molecule has 1 aromatic carbocycles. The molecule has 24 heavy (non-hydrogen) atoms. The third-order valence-electron chi connectivity index (χ3n) is 4.22. The second-order valence-electron chi connectivity index (χ2n) is 5.86. The Hall–Kier alpha value is -1.50. The predicted octanol–water partition coefficient (Wildman–Crippen LogP) is 1.85. The zero-order chi connectivity index (χ0) is 16.1. The Kier molecular flexibility index (Phi) is 7.15. The van der Waals surface area contributed by atoms with Crippen LogP contribution in [0.3, 0.4) is 0 Å². The minimum atomic E-state index is 0. The molecular weight excluding hydrogens is 332 g/mol. The summed E-state index contributed by atoms with van der Waals surface area (Å²) in [5.74, 6) is 1.41. The van der Waals surface area contributed by atoms with Crippen LogP contribution in [0.5, 0.6) is 11.5 Å². The van der Waals surface area contributed by atoms with E-state index in [0.717, 1.165) is 32.4 Å². The molecule has 0 bridgehead atoms. The highest BCUT2D eigenvalue weighted by Gasteiger charge is 2.25. The lowest BCUT2D eigenvalue weighted by atomic mass is 10.1. The number of benzene rings is 1. The zero-order valence-electron chi connectivity index (χ0n) is 13.7. The van der Waals surface area contributed by atoms with Gasteiger partial charge in [-0.3, -0.25) is 4.79 Å². The summed E-state index contributed by atoms with van der Waals surface area (Å²) >= 11 is 0. The second-order valence-corrected chi connectivity index (χ2v) is 5.86. The lowest BCUT2D eigenvalue weighted by Gasteiger charge is -2.32. The molecule has 6 nitrogen and oxygen atoms in total. The van der Waals surface area contributed by atoms with Crippen LogP contribution in [-0.4, -0.2) is 56.4 Å². The number of piperidine rings is 1. The Bertz CT molecular complexity index is 547. The highest BCUT2D eigenvalue weighted by atomic mass is 35.5. The monoisotopic (exact) mass is 356 g/mol. The summed E-state index contributed by atoms with van der Waals surface area (Å²) in [5, 5.41) is 0. The molecule has 1 amide bonds. The number of rotatable bonds is 5. The van der Waals surface area contributed by atoms with E-state index in [9.17, 15) is 4.79 Å². The van der Waals surface area contributed by atoms with Crippen molar-refractivity contribution < 1.29 is 19.0 Å². The quantitative estimate of drug-likeness (QED) is 0.815. The largest absolute Gasteiger partial charge is 0.486 e. The lowest BCUT2D eigenvalue weighted by molar-refractivity contribution is 0.00843. The third kappa shape index (κ3) is 4.53. The molecule has 1 fully saturated rings. The predicted molar refractivity (Wildman–Crippen MR) is 93.2 cm³/mol. The standard InChI is InChI=1S/C17H24N2O4.ClH/c18-6-1-9-21-14-4-7-19(8-5-14)17(20)13-2-3-15-16(12-13)23-11-10-22-15;/h2-3,12,14H,1,4-11,18H2;1H. The summed E-state index contributed by atoms with van der Waals surface area (Å²) in [7, 11) is 0. The lowest BCUT2D eigenvalue weighted by Crippen LogP contribution is -2.41. The van der Waals surface area contributed by atoms with Crippen LogP contribution < -0.4 is 15.2 Å². The van der Waals surface area contributed by atoms with Gasteiger partial charge in [-0.15, -0.1) is 12.4 Å². The van der Waals surface area contributed by atoms with Crippen LogP contribution in [0.15, 0.2) is 18.2 Å². The molecule has 1 aromatic rings. The van der Waals surface area contributed by atoms with Gasteiger partial charge >= 0.3 is 0 Å². The van der Waals surface area contributed by atoms with Gasteiger partial charge in [-0.05, 0) is 44.0 Å². The van der Waals surface area contributed by atoms with Gasteiger partial charge in [0.15, 0.2) is 11.5 Å². The van der Waals surface area contributed by atoms with Crippen LogP contribution in [0.4, 0.5) is 0 Å². The first kappa shape index (κ1) is 18.8. The van der Waals surface area contributed by atoms with Crippen molar-refractivity contribution in [3.8, 4) is 11.5 Å². The Morgan fingerprint density at radius 1 is 1.21 bits per heavy atom. The number of nitrogens with zero attached hydrogens (tertiary/aromatic N) is 1. The molecule has 134 valence electrons. The summed E-state index contributed by atoms with van der Waals surface area (Å²) in [6.45, 7) is 3.88. The van der Waals surface area contributed by atoms with Crippen LogP contribution in [-0.2, 0) is 4.74 Å². The number of hydrogen-bond acceptors (Lipinski definition) is 5. The summed E-state index contributed by atoms with van der Waals surface area (Å²) < 4.78 is 16.8. The minimum absolute atomic E-state index is 0. The molecule has 0 radical (unpaired) electrons. The first-order valence-corrected chi connectivity index (χ1v) is 8.28. The van der Waals surface area contributed by atoms with Crippen molar-refractivity contribution in [2.24, 2.45) is 5.73 Å². The Morgan fingerprint density at radius 2 is 1.92 bits per heavy atom. The number of fused-ring (bicyclic) bond motifs is 1. The molecule has 0 saturated carbocycles. The van der Waals surface area contributed by atoms with Crippen molar-refractivity contribution in [3.05, 3.63) is 23.8 Å². The molecule has 2 aliphatic heterocycles. The van der Waals surface area contributed by atoms with Gasteiger partial charge in [0.1, 0.15) is 13.2 Å². The van der Waals surface area contributed by atoms with E-state index >= 15 is 0 Å². The number of halogens is 1. The van der Waals surface area contributed by atoms with Crippen molar-refractivity contribution in [1.82, 2.24) is 4.90 Å². The van der Waals surface area contributed by atoms with E-state index in [0.29, 0.717) is 43.4 Å². The third-order valence-corrected chi connectivity index (χ3v) is 4.22. The molecule has 0 atom stereocenters. The first-order chi connectivity index (χ1) is 11.3. The van der Waals surface area contributed by atoms with E-state index in [1.807, 2.05) is 11.0 Å². The topological polar surface area (TPSA) is 74.0 Å². The van der Waals surface area contributed by atoms with Gasteiger partial charge in [-0.2, -0.15) is 0 Å². The molecule has 0 aromatic heterocycles. The second kappa shape index (κ2) is 9.11. The summed E-state index contributed by atoms with van der Waals surface area (Å²) in [6.07, 6.45) is 2.88. The van der Waals surface area contributed by atoms with E-state index in [4.69, 9.17) is 19.9 Å². The van der Waals surface area contributed by atoms with Gasteiger partial charge < -0.3 is 24.8 Å². The average Bonchev–Trinajstić information content (AvgIpc) is 2.61. The zero-order valence-corrected chi connectivity index (χ0v) is 14.6. The molecule has 0 unspecified atom stereocenters. The summed E-state index contributed by atoms with van der Waals surface area (Å²) in [4.78, 5) is 14.5. The maximum atomic E-state index is 12.6. The van der Waals surface area contributed by atoms with E-state index in [1.54, 1.807) is 12.1 Å². The Morgan fingerprint density at radius 3 is 2.62 bits per heavy atom. The van der Waals surface area contributed by atoms with E-state index in [2.05, 4.69) is 0 Å². The van der Waals surface area contributed by atoms with Crippen molar-refractivity contribution in [1.29, 1.82) is 0 Å². The Labute approximate surface area is 148 Å². The average molecular weight is 357 g/mol. The summed E-state index contributed by atoms with van der Waals surface area (Å²) in [6, 6.07) is 5.39. The fourth-order valence-corrected chi connectivity index (χ4v) is 2.92. The molecule has 0 spiro atoms. The summed E-state index contributed by atoms with van der Waals surface area (Å²) in [5.41, 5.74) is 6.12. The molecule has 2 heterocycles. The molecule has 3 rings (SSSR count). The fourth-order valence-electron chi connectivity index (χ4n) is 2.92. The number of ether oxygens (including phenoxy) is 3. The van der Waals surface area contributed by atoms with Gasteiger partial charge in [0.25, 0.3) is 5.91 Å².